The third-order valence-electron chi connectivity index (χ3n) is 1.74. The lowest BCUT2D eigenvalue weighted by Gasteiger charge is -2.04. The van der Waals surface area contributed by atoms with Gasteiger partial charge in [0, 0.05) is 18.0 Å². The normalized spacial score (nSPS) is 11.4. The molecule has 5 N–H and O–H groups in total. The van der Waals surface area contributed by atoms with Gasteiger partial charge in [0.15, 0.2) is 0 Å². The van der Waals surface area contributed by atoms with Crippen molar-refractivity contribution >= 4 is 27.5 Å². The van der Waals surface area contributed by atoms with Crippen LogP contribution in [0.15, 0.2) is 16.3 Å². The van der Waals surface area contributed by atoms with Gasteiger partial charge in [-0.05, 0) is 12.1 Å². The summed E-state index contributed by atoms with van der Waals surface area (Å²) in [4.78, 5) is 11.0. The number of nitrogens with one attached hydrogen (secondary N) is 1. The van der Waals surface area contributed by atoms with E-state index in [-0.39, 0.29) is 17.4 Å². The van der Waals surface area contributed by atoms with Gasteiger partial charge in [-0.15, -0.1) is 11.3 Å². The maximum absolute atomic E-state index is 11.7. The fourth-order valence-electron chi connectivity index (χ4n) is 1.01. The van der Waals surface area contributed by atoms with Crippen molar-refractivity contribution in [2.45, 2.75) is 10.8 Å². The standard InChI is InChI=1S/C8H13N3O4S2/c9-5-6-1-2-7(16-6)17(13,14)11-3-4-15-8(10)12/h1-2,11H,3-5,9H2,(H2,10,12). The smallest absolute Gasteiger partial charge is 0.404 e. The highest BCUT2D eigenvalue weighted by molar-refractivity contribution is 7.91. The second kappa shape index (κ2) is 5.96. The maximum atomic E-state index is 11.7. The second-order valence-electron chi connectivity index (χ2n) is 2.99. The summed E-state index contributed by atoms with van der Waals surface area (Å²) in [5, 5.41) is 0. The zero-order chi connectivity index (χ0) is 12.9. The number of ether oxygens (including phenoxy) is 1. The first kappa shape index (κ1) is 13.9. The van der Waals surface area contributed by atoms with Crippen LogP contribution in [0.5, 0.6) is 0 Å². The van der Waals surface area contributed by atoms with E-state index < -0.39 is 16.1 Å². The number of primary amides is 1. The van der Waals surface area contributed by atoms with Crippen LogP contribution in [-0.2, 0) is 21.3 Å². The minimum Gasteiger partial charge on any atom is -0.448 e. The summed E-state index contributed by atoms with van der Waals surface area (Å²) in [6, 6.07) is 3.13. The number of carbonyl (C=O) groups excluding carboxylic acids is 1. The van der Waals surface area contributed by atoms with Gasteiger partial charge in [-0.25, -0.2) is 17.9 Å². The van der Waals surface area contributed by atoms with Crippen molar-refractivity contribution in [2.24, 2.45) is 11.5 Å². The molecule has 17 heavy (non-hydrogen) atoms. The van der Waals surface area contributed by atoms with Crippen molar-refractivity contribution in [1.82, 2.24) is 4.72 Å². The Morgan fingerprint density at radius 1 is 1.47 bits per heavy atom. The molecule has 0 aromatic carbocycles. The molecular weight excluding hydrogens is 266 g/mol. The fraction of sp³-hybridized carbons (Fsp3) is 0.375. The number of hydrogen-bond acceptors (Lipinski definition) is 6. The lowest BCUT2D eigenvalue weighted by atomic mass is 10.5. The number of carbonyl (C=O) groups is 1. The van der Waals surface area contributed by atoms with E-state index in [1.165, 1.54) is 6.07 Å². The van der Waals surface area contributed by atoms with Crippen molar-refractivity contribution in [3.05, 3.63) is 17.0 Å². The summed E-state index contributed by atoms with van der Waals surface area (Å²) in [5.41, 5.74) is 10.1. The molecule has 0 aliphatic carbocycles. The van der Waals surface area contributed by atoms with Crippen LogP contribution in [0.4, 0.5) is 4.79 Å². The summed E-state index contributed by atoms with van der Waals surface area (Å²) < 4.78 is 30.2. The van der Waals surface area contributed by atoms with Gasteiger partial charge in [-0.3, -0.25) is 0 Å². The van der Waals surface area contributed by atoms with Crippen LogP contribution in [-0.4, -0.2) is 27.7 Å². The van der Waals surface area contributed by atoms with Crippen LogP contribution in [0.2, 0.25) is 0 Å². The van der Waals surface area contributed by atoms with Gasteiger partial charge < -0.3 is 16.2 Å². The van der Waals surface area contributed by atoms with Crippen LogP contribution in [0.25, 0.3) is 0 Å². The van der Waals surface area contributed by atoms with E-state index in [1.54, 1.807) is 6.07 Å². The maximum Gasteiger partial charge on any atom is 0.404 e. The molecule has 0 aliphatic heterocycles. The molecule has 96 valence electrons. The highest BCUT2D eigenvalue weighted by Gasteiger charge is 2.15. The first-order valence-corrected chi connectivity index (χ1v) is 6.96. The quantitative estimate of drug-likeness (QED) is 0.610. The van der Waals surface area contributed by atoms with Crippen molar-refractivity contribution < 1.29 is 17.9 Å². The first-order valence-electron chi connectivity index (χ1n) is 4.66. The van der Waals surface area contributed by atoms with Crippen LogP contribution in [0.3, 0.4) is 0 Å². The van der Waals surface area contributed by atoms with Crippen molar-refractivity contribution in [2.75, 3.05) is 13.2 Å². The van der Waals surface area contributed by atoms with Gasteiger partial charge in [0.2, 0.25) is 10.0 Å². The molecule has 9 heteroatoms. The van der Waals surface area contributed by atoms with Gasteiger partial charge >= 0.3 is 6.09 Å². The molecule has 1 heterocycles. The number of rotatable bonds is 6. The van der Waals surface area contributed by atoms with Gasteiger partial charge in [0.1, 0.15) is 10.8 Å². The van der Waals surface area contributed by atoms with Crippen molar-refractivity contribution in [1.29, 1.82) is 0 Å². The highest BCUT2D eigenvalue weighted by atomic mass is 32.2. The van der Waals surface area contributed by atoms with Gasteiger partial charge in [-0.1, -0.05) is 0 Å². The number of sulfonamides is 1. The van der Waals surface area contributed by atoms with E-state index in [0.29, 0.717) is 6.54 Å². The largest absolute Gasteiger partial charge is 0.448 e. The number of amides is 1. The average Bonchev–Trinajstić information content (AvgIpc) is 2.73. The summed E-state index contributed by atoms with van der Waals surface area (Å²) in [5.74, 6) is 0. The minimum atomic E-state index is -3.57. The Bertz CT molecular complexity index is 483. The molecule has 0 saturated heterocycles. The number of thiophene rings is 1. The lowest BCUT2D eigenvalue weighted by Crippen LogP contribution is -2.28. The van der Waals surface area contributed by atoms with Gasteiger partial charge in [0.05, 0.1) is 0 Å². The number of nitrogens with two attached hydrogens (primary N) is 2. The Morgan fingerprint density at radius 2 is 2.18 bits per heavy atom. The molecule has 0 spiro atoms. The fourth-order valence-corrected chi connectivity index (χ4v) is 3.30. The molecule has 1 rings (SSSR count). The van der Waals surface area contributed by atoms with Crippen molar-refractivity contribution in [3.8, 4) is 0 Å². The summed E-state index contributed by atoms with van der Waals surface area (Å²) in [6.07, 6.45) is -0.939. The monoisotopic (exact) mass is 279 g/mol. The SMILES string of the molecule is NCc1ccc(S(=O)(=O)NCCOC(N)=O)s1. The van der Waals surface area contributed by atoms with Crippen LogP contribution in [0.1, 0.15) is 4.88 Å². The second-order valence-corrected chi connectivity index (χ2v) is 6.15. The van der Waals surface area contributed by atoms with Crippen LogP contribution >= 0.6 is 11.3 Å². The van der Waals surface area contributed by atoms with E-state index in [1.807, 2.05) is 0 Å². The van der Waals surface area contributed by atoms with E-state index in [0.717, 1.165) is 16.2 Å². The predicted octanol–water partition coefficient (Wildman–Crippen LogP) is -0.420. The van der Waals surface area contributed by atoms with E-state index in [9.17, 15) is 13.2 Å². The third-order valence-corrected chi connectivity index (χ3v) is 4.80. The minimum absolute atomic E-state index is 0.0267. The van der Waals surface area contributed by atoms with E-state index >= 15 is 0 Å². The molecular formula is C8H13N3O4S2. The van der Waals surface area contributed by atoms with Crippen molar-refractivity contribution in [3.63, 3.8) is 0 Å². The Hall–Kier alpha value is -1.16. The zero-order valence-corrected chi connectivity index (χ0v) is 10.5. The zero-order valence-electron chi connectivity index (χ0n) is 8.88. The van der Waals surface area contributed by atoms with Crippen LogP contribution in [0, 0.1) is 0 Å². The number of hydrogen-bond donors (Lipinski definition) is 3. The molecule has 0 radical (unpaired) electrons. The predicted molar refractivity (Wildman–Crippen MR) is 62.9 cm³/mol. The topological polar surface area (TPSA) is 125 Å². The summed E-state index contributed by atoms with van der Waals surface area (Å²) >= 11 is 1.10. The van der Waals surface area contributed by atoms with E-state index in [4.69, 9.17) is 11.5 Å². The van der Waals surface area contributed by atoms with Gasteiger partial charge in [0.25, 0.3) is 0 Å². The summed E-state index contributed by atoms with van der Waals surface area (Å²) in [7, 11) is -3.57. The molecule has 0 saturated carbocycles. The molecule has 0 bridgehead atoms. The first-order chi connectivity index (χ1) is 7.95. The van der Waals surface area contributed by atoms with Crippen LogP contribution < -0.4 is 16.2 Å². The molecule has 1 amide bonds. The molecule has 0 fully saturated rings. The molecule has 7 nitrogen and oxygen atoms in total. The Kier molecular flexibility index (Phi) is 4.87. The van der Waals surface area contributed by atoms with Gasteiger partial charge in [-0.2, -0.15) is 0 Å². The molecule has 0 atom stereocenters. The highest BCUT2D eigenvalue weighted by Crippen LogP contribution is 2.20. The molecule has 0 aliphatic rings. The molecule has 1 aromatic rings. The Balaban J connectivity index is 2.53. The average molecular weight is 279 g/mol. The van der Waals surface area contributed by atoms with E-state index in [2.05, 4.69) is 9.46 Å². The lowest BCUT2D eigenvalue weighted by molar-refractivity contribution is 0.159. The Labute approximate surface area is 103 Å². The summed E-state index contributed by atoms with van der Waals surface area (Å²) in [6.45, 7) is 0.162. The Morgan fingerprint density at radius 3 is 2.71 bits per heavy atom. The molecule has 0 unspecified atom stereocenters. The third kappa shape index (κ3) is 4.30. The molecule has 1 aromatic heterocycles.